The number of hydrogen-bond donors (Lipinski definition) is 0. The average Bonchev–Trinajstić information content (AvgIpc) is 2.85. The minimum Gasteiger partial charge on any atom is -0.334 e. The van der Waals surface area contributed by atoms with Crippen LogP contribution in [0.25, 0.3) is 0 Å². The van der Waals surface area contributed by atoms with Crippen LogP contribution in [0.15, 0.2) is 24.5 Å². The molecule has 5 heteroatoms. The van der Waals surface area contributed by atoms with E-state index in [-0.39, 0.29) is 23.3 Å². The fourth-order valence-corrected chi connectivity index (χ4v) is 3.66. The number of likely N-dealkylation sites (tertiary alicyclic amines) is 1. The first kappa shape index (κ1) is 15.0. The van der Waals surface area contributed by atoms with Gasteiger partial charge >= 0.3 is 0 Å². The van der Waals surface area contributed by atoms with Crippen LogP contribution in [0.4, 0.5) is 5.69 Å². The highest BCUT2D eigenvalue weighted by molar-refractivity contribution is 5.97. The molecule has 0 N–H and O–H groups in total. The average molecular weight is 301 g/mol. The van der Waals surface area contributed by atoms with Crippen molar-refractivity contribution in [3.8, 4) is 0 Å². The Morgan fingerprint density at radius 1 is 1.36 bits per heavy atom. The van der Waals surface area contributed by atoms with Crippen molar-refractivity contribution >= 4 is 17.5 Å². The zero-order valence-electron chi connectivity index (χ0n) is 13.3. The van der Waals surface area contributed by atoms with E-state index in [1.165, 1.54) is 0 Å². The summed E-state index contributed by atoms with van der Waals surface area (Å²) in [5.74, 6) is 0.231. The van der Waals surface area contributed by atoms with Crippen LogP contribution in [0.2, 0.25) is 0 Å². The Labute approximate surface area is 131 Å². The van der Waals surface area contributed by atoms with Crippen molar-refractivity contribution in [3.63, 3.8) is 0 Å². The quantitative estimate of drug-likeness (QED) is 0.841. The first-order chi connectivity index (χ1) is 10.5. The van der Waals surface area contributed by atoms with Gasteiger partial charge in [0.25, 0.3) is 0 Å². The molecule has 1 atom stereocenters. The Kier molecular flexibility index (Phi) is 3.89. The summed E-state index contributed by atoms with van der Waals surface area (Å²) in [4.78, 5) is 33.0. The van der Waals surface area contributed by atoms with Gasteiger partial charge in [0.2, 0.25) is 11.8 Å². The Bertz CT molecular complexity index is 573. The van der Waals surface area contributed by atoms with Crippen molar-refractivity contribution < 1.29 is 9.59 Å². The number of rotatable bonds is 2. The number of carbonyl (C=O) groups excluding carboxylic acids is 2. The third kappa shape index (κ3) is 2.49. The molecule has 1 spiro atoms. The van der Waals surface area contributed by atoms with E-state index in [4.69, 9.17) is 0 Å². The summed E-state index contributed by atoms with van der Waals surface area (Å²) in [6.07, 6.45) is 6.87. The normalized spacial score (nSPS) is 25.3. The van der Waals surface area contributed by atoms with Gasteiger partial charge in [0.1, 0.15) is 0 Å². The van der Waals surface area contributed by atoms with E-state index < -0.39 is 0 Å². The topological polar surface area (TPSA) is 53.5 Å². The van der Waals surface area contributed by atoms with Crippen LogP contribution in [-0.2, 0) is 9.59 Å². The van der Waals surface area contributed by atoms with Crippen molar-refractivity contribution in [1.29, 1.82) is 0 Å². The van der Waals surface area contributed by atoms with Gasteiger partial charge in [0.05, 0.1) is 23.8 Å². The first-order valence-corrected chi connectivity index (χ1v) is 8.05. The molecular weight excluding hydrogens is 278 g/mol. The van der Waals surface area contributed by atoms with E-state index >= 15 is 0 Å². The molecule has 0 radical (unpaired) electrons. The van der Waals surface area contributed by atoms with Crippen molar-refractivity contribution in [1.82, 2.24) is 9.88 Å². The lowest BCUT2D eigenvalue weighted by Crippen LogP contribution is -2.57. The largest absolute Gasteiger partial charge is 0.334 e. The zero-order chi connectivity index (χ0) is 15.7. The predicted octanol–water partition coefficient (Wildman–Crippen LogP) is 2.23. The van der Waals surface area contributed by atoms with Gasteiger partial charge in [0, 0.05) is 25.2 Å². The van der Waals surface area contributed by atoms with E-state index in [9.17, 15) is 9.59 Å². The van der Waals surface area contributed by atoms with Crippen LogP contribution in [0, 0.1) is 5.92 Å². The van der Waals surface area contributed by atoms with Crippen molar-refractivity contribution in [2.45, 2.75) is 45.1 Å². The summed E-state index contributed by atoms with van der Waals surface area (Å²) in [5.41, 5.74) is 0.499. The number of amides is 2. The number of piperidine rings is 1. The molecular formula is C17H23N3O2. The summed E-state index contributed by atoms with van der Waals surface area (Å²) in [7, 11) is 0. The molecule has 0 aliphatic carbocycles. The van der Waals surface area contributed by atoms with Crippen LogP contribution in [0.5, 0.6) is 0 Å². The molecule has 3 rings (SSSR count). The number of pyridine rings is 1. The van der Waals surface area contributed by atoms with Gasteiger partial charge in [0.15, 0.2) is 0 Å². The summed E-state index contributed by atoms with van der Waals surface area (Å²) >= 11 is 0. The van der Waals surface area contributed by atoms with Gasteiger partial charge in [-0.2, -0.15) is 0 Å². The molecule has 1 aromatic rings. The molecule has 0 bridgehead atoms. The highest BCUT2D eigenvalue weighted by Crippen LogP contribution is 2.39. The van der Waals surface area contributed by atoms with Gasteiger partial charge in [-0.25, -0.2) is 0 Å². The maximum absolute atomic E-state index is 12.6. The third-order valence-electron chi connectivity index (χ3n) is 4.80. The lowest BCUT2D eigenvalue weighted by atomic mass is 9.84. The highest BCUT2D eigenvalue weighted by Gasteiger charge is 2.50. The number of nitrogens with zero attached hydrogens (tertiary/aromatic N) is 3. The van der Waals surface area contributed by atoms with Crippen molar-refractivity contribution in [3.05, 3.63) is 24.5 Å². The van der Waals surface area contributed by atoms with Crippen LogP contribution in [-0.4, -0.2) is 40.3 Å². The second kappa shape index (κ2) is 5.71. The molecule has 1 aromatic heterocycles. The number of hydrogen-bond acceptors (Lipinski definition) is 3. The van der Waals surface area contributed by atoms with Crippen molar-refractivity contribution in [2.75, 3.05) is 18.0 Å². The standard InChI is InChI=1S/C17H23N3O2/c1-13(2)16(22)20-9-4-3-7-17(20)10-15(21)19(12-17)14-6-5-8-18-11-14/h5-6,8,11,13H,3-4,7,9-10,12H2,1-2H3. The molecule has 22 heavy (non-hydrogen) atoms. The fraction of sp³-hybridized carbons (Fsp3) is 0.588. The Hall–Kier alpha value is -1.91. The van der Waals surface area contributed by atoms with Gasteiger partial charge in [-0.15, -0.1) is 0 Å². The molecule has 2 amide bonds. The van der Waals surface area contributed by atoms with E-state index in [2.05, 4.69) is 4.98 Å². The van der Waals surface area contributed by atoms with Crippen LogP contribution in [0.3, 0.4) is 0 Å². The van der Waals surface area contributed by atoms with Gasteiger partial charge in [-0.05, 0) is 31.4 Å². The molecule has 0 saturated carbocycles. The lowest BCUT2D eigenvalue weighted by Gasteiger charge is -2.45. The molecule has 118 valence electrons. The molecule has 0 aromatic carbocycles. The van der Waals surface area contributed by atoms with Gasteiger partial charge in [-0.1, -0.05) is 13.8 Å². The number of carbonyl (C=O) groups is 2. The minimum absolute atomic E-state index is 0.0301. The second-order valence-electron chi connectivity index (χ2n) is 6.69. The Balaban J connectivity index is 1.89. The first-order valence-electron chi connectivity index (χ1n) is 8.05. The molecule has 2 aliphatic rings. The predicted molar refractivity (Wildman–Crippen MR) is 84.3 cm³/mol. The lowest BCUT2D eigenvalue weighted by molar-refractivity contribution is -0.142. The molecule has 5 nitrogen and oxygen atoms in total. The van der Waals surface area contributed by atoms with E-state index in [0.717, 1.165) is 31.5 Å². The van der Waals surface area contributed by atoms with Gasteiger partial charge < -0.3 is 9.80 Å². The molecule has 2 aliphatic heterocycles. The van der Waals surface area contributed by atoms with Crippen molar-refractivity contribution in [2.24, 2.45) is 5.92 Å². The molecule has 1 unspecified atom stereocenters. The fourth-order valence-electron chi connectivity index (χ4n) is 3.66. The van der Waals surface area contributed by atoms with E-state index in [1.807, 2.05) is 30.9 Å². The summed E-state index contributed by atoms with van der Waals surface area (Å²) in [6.45, 7) is 5.22. The molecule has 2 fully saturated rings. The Morgan fingerprint density at radius 2 is 2.18 bits per heavy atom. The van der Waals surface area contributed by atoms with E-state index in [1.54, 1.807) is 17.3 Å². The minimum atomic E-state index is -0.327. The molecule has 3 heterocycles. The maximum Gasteiger partial charge on any atom is 0.229 e. The second-order valence-corrected chi connectivity index (χ2v) is 6.69. The van der Waals surface area contributed by atoms with Crippen LogP contribution < -0.4 is 4.90 Å². The number of anilines is 1. The smallest absolute Gasteiger partial charge is 0.229 e. The molecule has 2 saturated heterocycles. The summed E-state index contributed by atoms with van der Waals surface area (Å²) in [6, 6.07) is 3.74. The monoisotopic (exact) mass is 301 g/mol. The van der Waals surface area contributed by atoms with E-state index in [0.29, 0.717) is 13.0 Å². The number of aromatic nitrogens is 1. The third-order valence-corrected chi connectivity index (χ3v) is 4.80. The highest BCUT2D eigenvalue weighted by atomic mass is 16.2. The van der Waals surface area contributed by atoms with Gasteiger partial charge in [-0.3, -0.25) is 14.6 Å². The maximum atomic E-state index is 12.6. The summed E-state index contributed by atoms with van der Waals surface area (Å²) < 4.78 is 0. The SMILES string of the molecule is CC(C)C(=O)N1CCCCC12CC(=O)N(c1cccnc1)C2. The van der Waals surface area contributed by atoms with Crippen LogP contribution in [0.1, 0.15) is 39.5 Å². The summed E-state index contributed by atoms with van der Waals surface area (Å²) in [5, 5.41) is 0. The zero-order valence-corrected chi connectivity index (χ0v) is 13.3. The van der Waals surface area contributed by atoms with Crippen LogP contribution >= 0.6 is 0 Å². The Morgan fingerprint density at radius 3 is 2.86 bits per heavy atom.